The van der Waals surface area contributed by atoms with Crippen molar-refractivity contribution in [1.29, 1.82) is 0 Å². The zero-order valence-electron chi connectivity index (χ0n) is 55.0. The van der Waals surface area contributed by atoms with Gasteiger partial charge in [-0.3, -0.25) is 72.5 Å². The van der Waals surface area contributed by atoms with E-state index in [9.17, 15) is 62.6 Å². The van der Waals surface area contributed by atoms with E-state index in [2.05, 4.69) is 88.1 Å². The fourth-order valence-electron chi connectivity index (χ4n) is 9.83. The van der Waals surface area contributed by atoms with Crippen LogP contribution in [0.4, 0.5) is 0 Å². The Morgan fingerprint density at radius 3 is 1.54 bits per heavy atom. The molecule has 1 aliphatic heterocycles. The first-order valence-corrected chi connectivity index (χ1v) is 33.9. The van der Waals surface area contributed by atoms with Gasteiger partial charge in [0.25, 0.3) is 0 Å². The fraction of sp³-hybridized carbons (Fsp3) is 0.644. The van der Waals surface area contributed by atoms with Crippen LogP contribution in [0.2, 0.25) is 0 Å². The molecule has 11 amide bonds. The third kappa shape index (κ3) is 30.3. The summed E-state index contributed by atoms with van der Waals surface area (Å²) in [6.07, 6.45) is 2.80. The van der Waals surface area contributed by atoms with Gasteiger partial charge in [-0.05, 0) is 120 Å². The minimum Gasteiger partial charge on any atom is -0.508 e. The van der Waals surface area contributed by atoms with E-state index < -0.39 is 143 Å². The molecule has 1 aliphatic rings. The average molecular weight is 1390 g/mol. The minimum absolute atomic E-state index is 0.00760. The Morgan fingerprint density at radius 1 is 0.558 bits per heavy atom. The summed E-state index contributed by atoms with van der Waals surface area (Å²) in [7, 11) is 0. The van der Waals surface area contributed by atoms with Crippen LogP contribution >= 0.6 is 37.0 Å². The number of thioether (sulfide) groups is 1. The smallest absolute Gasteiger partial charge is 0.245 e. The highest BCUT2D eigenvalue weighted by Gasteiger charge is 2.41. The van der Waals surface area contributed by atoms with Crippen molar-refractivity contribution in [3.05, 3.63) is 29.8 Å². The quantitative estimate of drug-likeness (QED) is 0.00963. The molecule has 0 radical (unpaired) electrons. The summed E-state index contributed by atoms with van der Waals surface area (Å²) >= 11 is 9.72. The number of primary amides is 1. The van der Waals surface area contributed by atoms with E-state index in [1.54, 1.807) is 34.0 Å². The van der Waals surface area contributed by atoms with Crippen LogP contribution in [-0.2, 0) is 64.0 Å². The Kier molecular flexibility index (Phi) is 37.4. The number of aliphatic imine (C=N–C) groups is 3. The molecule has 1 fully saturated rings. The number of nitrogens with two attached hydrogens (primary N) is 7. The highest BCUT2D eigenvalue weighted by Crippen LogP contribution is 2.21. The van der Waals surface area contributed by atoms with E-state index in [-0.39, 0.29) is 131 Å². The van der Waals surface area contributed by atoms with Crippen molar-refractivity contribution in [3.63, 3.8) is 0 Å². The topological polar surface area (TPSA) is 556 Å². The number of hydrogen-bond donors (Lipinski definition) is 19. The van der Waals surface area contributed by atoms with Gasteiger partial charge in [0, 0.05) is 44.1 Å². The molecule has 1 heterocycles. The number of ketones is 1. The monoisotopic (exact) mass is 1390 g/mol. The van der Waals surface area contributed by atoms with E-state index in [4.69, 9.17) is 40.1 Å². The molecule has 0 aromatic heterocycles. The molecule has 0 spiro atoms. The lowest BCUT2D eigenvalue weighted by Gasteiger charge is -2.31. The third-order valence-electron chi connectivity index (χ3n) is 15.0. The van der Waals surface area contributed by atoms with Crippen molar-refractivity contribution >= 4 is 126 Å². The molecule has 0 saturated carbocycles. The molecule has 1 aromatic rings. The number of nitrogens with zero attached hydrogens (tertiary/aromatic N) is 4. The zero-order valence-corrected chi connectivity index (χ0v) is 57.6. The lowest BCUT2D eigenvalue weighted by Crippen LogP contribution is -2.61. The Balaban J connectivity index is 2.46. The number of carbonyl (C=O) groups is 12. The normalized spacial score (nSPS) is 15.8. The van der Waals surface area contributed by atoms with E-state index >= 15 is 0 Å². The van der Waals surface area contributed by atoms with Crippen LogP contribution < -0.4 is 88.0 Å². The number of benzene rings is 1. The summed E-state index contributed by atoms with van der Waals surface area (Å²) in [6.45, 7) is 9.69. The second-order valence-corrected chi connectivity index (χ2v) is 25.4. The van der Waals surface area contributed by atoms with Gasteiger partial charge in [-0.15, -0.1) is 0 Å². The zero-order chi connectivity index (χ0) is 71.6. The highest BCUT2D eigenvalue weighted by atomic mass is 32.2. The van der Waals surface area contributed by atoms with E-state index in [0.29, 0.717) is 17.7 Å². The summed E-state index contributed by atoms with van der Waals surface area (Å²) in [6, 6.07) is -7.21. The molecule has 24 N–H and O–H groups in total. The van der Waals surface area contributed by atoms with Crippen LogP contribution in [0.5, 0.6) is 5.75 Å². The molecule has 36 heteroatoms. The van der Waals surface area contributed by atoms with Gasteiger partial charge in [0.1, 0.15) is 72.0 Å². The molecule has 2 rings (SSSR count). The fourth-order valence-corrected chi connectivity index (χ4v) is 10.8. The number of likely N-dealkylation sites (tertiary alicyclic amines) is 1. The lowest BCUT2D eigenvalue weighted by molar-refractivity contribution is -0.142. The number of thiol groups is 2. The molecule has 0 aliphatic carbocycles. The summed E-state index contributed by atoms with van der Waals surface area (Å²) in [4.78, 5) is 179. The van der Waals surface area contributed by atoms with Crippen LogP contribution in [0.1, 0.15) is 111 Å². The van der Waals surface area contributed by atoms with Crippen molar-refractivity contribution < 1.29 is 62.6 Å². The minimum atomic E-state index is -1.47. The summed E-state index contributed by atoms with van der Waals surface area (Å²) < 4.78 is 0. The molecule has 0 unspecified atom stereocenters. The number of phenols is 1. The Morgan fingerprint density at radius 2 is 1.02 bits per heavy atom. The second-order valence-electron chi connectivity index (χ2n) is 23.6. The number of Topliss-reactive ketones (excluding diaryl/α,β-unsaturated/α-hetero) is 1. The molecule has 11 atom stereocenters. The van der Waals surface area contributed by atoms with Gasteiger partial charge in [-0.1, -0.05) is 39.8 Å². The number of phenolic OH excluding ortho intramolecular Hbond substituents is 1. The number of nitrogens with one attached hydrogen (secondary N) is 9. The number of carbonyl (C=O) groups excluding carboxylic acids is 12. The molecular weight excluding hydrogens is 1290 g/mol. The predicted molar refractivity (Wildman–Crippen MR) is 368 cm³/mol. The van der Waals surface area contributed by atoms with Gasteiger partial charge in [0.15, 0.2) is 17.9 Å². The molecule has 1 aromatic carbocycles. The van der Waals surface area contributed by atoms with Gasteiger partial charge in [0.2, 0.25) is 65.0 Å². The van der Waals surface area contributed by atoms with Gasteiger partial charge < -0.3 is 98.0 Å². The average Bonchev–Trinajstić information content (AvgIpc) is 1.85. The van der Waals surface area contributed by atoms with Gasteiger partial charge >= 0.3 is 0 Å². The lowest BCUT2D eigenvalue weighted by atomic mass is 9.97. The van der Waals surface area contributed by atoms with Crippen molar-refractivity contribution in [3.8, 4) is 5.75 Å². The maximum atomic E-state index is 14.7. The van der Waals surface area contributed by atoms with Gasteiger partial charge in [-0.25, -0.2) is 0 Å². The number of amides is 11. The number of guanidine groups is 3. The first kappa shape index (κ1) is 82.8. The Bertz CT molecular complexity index is 2860. The largest absolute Gasteiger partial charge is 0.508 e. The Hall–Kier alpha value is -8.28. The molecule has 1 saturated heterocycles. The first-order valence-electron chi connectivity index (χ1n) is 31.2. The first-order chi connectivity index (χ1) is 44.7. The van der Waals surface area contributed by atoms with Gasteiger partial charge in [0.05, 0.1) is 5.92 Å². The number of hydrogen-bond acceptors (Lipinski definition) is 19. The SMILES string of the molecule is CSCC[C@H](NC(=O)[C@H](CS)NC(=O)[C@H](CCCN=C(N)N)C(C)=O)C(=O)N[C@@H](CC(C)C)C(=O)N[C@H](C)C(=O)N[C@@H](CCCN=C(N)N)C(=O)N[C@H](C(=O)N[C@@H](Cc1ccc(O)cc1)C(=O)N[C@@H](CCCN=C(N)N)C(=O)N1CCC[C@H]1C(=O)N[C@@H](CS)C(N)=O)C(C)C. The summed E-state index contributed by atoms with van der Waals surface area (Å²) in [5.74, 6) is -11.9. The summed E-state index contributed by atoms with van der Waals surface area (Å²) in [5.41, 5.74) is 38.9. The maximum absolute atomic E-state index is 14.7. The maximum Gasteiger partial charge on any atom is 0.245 e. The molecule has 33 nitrogen and oxygen atoms in total. The third-order valence-corrected chi connectivity index (χ3v) is 16.4. The Labute approximate surface area is 569 Å². The molecule has 532 valence electrons. The predicted octanol–water partition coefficient (Wildman–Crippen LogP) is -4.53. The summed E-state index contributed by atoms with van der Waals surface area (Å²) in [5, 5.41) is 33.9. The van der Waals surface area contributed by atoms with Crippen molar-refractivity contribution in [2.24, 2.45) is 72.9 Å². The highest BCUT2D eigenvalue weighted by molar-refractivity contribution is 7.98. The van der Waals surface area contributed by atoms with Crippen LogP contribution in [0.25, 0.3) is 0 Å². The molecule has 0 bridgehead atoms. The van der Waals surface area contributed by atoms with Crippen LogP contribution in [0, 0.1) is 17.8 Å². The second kappa shape index (κ2) is 42.9. The molecular formula is C59H100N20O13S3. The van der Waals surface area contributed by atoms with E-state index in [0.717, 1.165) is 0 Å². The van der Waals surface area contributed by atoms with Gasteiger partial charge in [-0.2, -0.15) is 37.0 Å². The number of rotatable bonds is 43. The molecule has 95 heavy (non-hydrogen) atoms. The standard InChI is InChI=1S/C59H100N20O13S3/c1-30(2)26-40(74-49(85)38(20-25-95-7)72-53(89)43(29-94)77-48(84)36(33(6)80)12-8-21-67-57(61)62)51(87)70-32(5)47(83)71-37(13-9-22-68-58(63)64)50(86)78-45(31(3)4)55(91)75-41(27-34-16-18-35(81)19-17-34)52(88)73-39(14-10-23-69-59(65)66)56(92)79-24-11-15-44(79)54(90)76-42(28-93)46(60)82/h16-19,30-32,36-45,81,93-94H,8-15,20-29H2,1-7H3,(H2,60,82)(H,70,87)(H,71,83)(H,72,89)(H,73,88)(H,74,85)(H,75,91)(H,76,90)(H,77,84)(H,78,86)(H4,61,62,67)(H4,63,64,68)(H4,65,66,69)/t32-,36-,37+,38+,39+,40+,41+,42+,43+,44+,45+/m1/s1. The van der Waals surface area contributed by atoms with Crippen LogP contribution in [0.15, 0.2) is 39.2 Å². The van der Waals surface area contributed by atoms with Crippen molar-refractivity contribution in [2.75, 3.05) is 49.7 Å². The van der Waals surface area contributed by atoms with Crippen molar-refractivity contribution in [1.82, 2.24) is 52.8 Å². The van der Waals surface area contributed by atoms with E-state index in [1.807, 2.05) is 0 Å². The van der Waals surface area contributed by atoms with Crippen molar-refractivity contribution in [2.45, 2.75) is 173 Å². The van der Waals surface area contributed by atoms with E-state index in [1.165, 1.54) is 54.8 Å². The van der Waals surface area contributed by atoms with Crippen LogP contribution in [0.3, 0.4) is 0 Å². The van der Waals surface area contributed by atoms with Crippen LogP contribution in [-0.4, -0.2) is 209 Å². The number of aromatic hydroxyl groups is 1.